The van der Waals surface area contributed by atoms with Crippen molar-refractivity contribution in [3.05, 3.63) is 11.9 Å². The van der Waals surface area contributed by atoms with Crippen LogP contribution in [-0.4, -0.2) is 59.5 Å². The molecule has 7 nitrogen and oxygen atoms in total. The fraction of sp³-hybridized carbons (Fsp3) is 0.800. The van der Waals surface area contributed by atoms with Crippen LogP contribution in [0.1, 0.15) is 31.4 Å². The van der Waals surface area contributed by atoms with Gasteiger partial charge in [0.15, 0.2) is 0 Å². The maximum atomic E-state index is 13.1. The van der Waals surface area contributed by atoms with Gasteiger partial charge in [0.1, 0.15) is 4.90 Å². The molecule has 1 aliphatic carbocycles. The highest BCUT2D eigenvalue weighted by atomic mass is 32.2. The summed E-state index contributed by atoms with van der Waals surface area (Å²) in [5, 5.41) is 14.4. The second kappa shape index (κ2) is 6.51. The Balaban J connectivity index is 1.93. The van der Waals surface area contributed by atoms with Crippen LogP contribution in [0.3, 0.4) is 0 Å². The monoisotopic (exact) mass is 343 g/mol. The topological polar surface area (TPSA) is 84.7 Å². The molecule has 2 aliphatic rings. The van der Waals surface area contributed by atoms with Gasteiger partial charge in [0, 0.05) is 19.5 Å². The number of hydrogen-bond acceptors (Lipinski definition) is 5. The van der Waals surface area contributed by atoms with Gasteiger partial charge in [0.25, 0.3) is 0 Å². The first-order valence-corrected chi connectivity index (χ1v) is 9.63. The number of hydrogen-bond donors (Lipinski definition) is 1. The van der Waals surface area contributed by atoms with E-state index in [1.54, 1.807) is 18.7 Å². The van der Waals surface area contributed by atoms with Crippen LogP contribution in [0.15, 0.2) is 11.1 Å². The molecule has 8 heteroatoms. The van der Waals surface area contributed by atoms with E-state index in [-0.39, 0.29) is 16.9 Å². The van der Waals surface area contributed by atoms with Gasteiger partial charge in [-0.3, -0.25) is 4.68 Å². The average molecular weight is 343 g/mol. The molecule has 0 spiro atoms. The zero-order valence-electron chi connectivity index (χ0n) is 13.7. The molecule has 1 saturated carbocycles. The molecule has 3 rings (SSSR count). The predicted molar refractivity (Wildman–Crippen MR) is 84.4 cm³/mol. The Morgan fingerprint density at radius 1 is 1.35 bits per heavy atom. The van der Waals surface area contributed by atoms with Crippen LogP contribution < -0.4 is 0 Å². The van der Waals surface area contributed by atoms with Crippen molar-refractivity contribution in [2.75, 3.05) is 19.8 Å². The van der Waals surface area contributed by atoms with E-state index in [0.29, 0.717) is 25.5 Å². The first-order chi connectivity index (χ1) is 10.9. The molecule has 0 amide bonds. The number of nitrogens with zero attached hydrogens (tertiary/aromatic N) is 3. The molecule has 3 atom stereocenters. The van der Waals surface area contributed by atoms with E-state index in [1.807, 2.05) is 0 Å². The van der Waals surface area contributed by atoms with Crippen LogP contribution in [0.25, 0.3) is 0 Å². The first kappa shape index (κ1) is 16.9. The molecule has 1 aliphatic heterocycles. The number of aliphatic hydroxyl groups is 1. The summed E-state index contributed by atoms with van der Waals surface area (Å²) < 4.78 is 34.9. The Hall–Kier alpha value is -0.960. The van der Waals surface area contributed by atoms with Gasteiger partial charge in [-0.2, -0.15) is 9.40 Å². The molecule has 0 aromatic carbocycles. The second-order valence-corrected chi connectivity index (χ2v) is 8.35. The lowest BCUT2D eigenvalue weighted by Gasteiger charge is -2.42. The largest absolute Gasteiger partial charge is 0.393 e. The van der Waals surface area contributed by atoms with Crippen molar-refractivity contribution in [3.8, 4) is 0 Å². The van der Waals surface area contributed by atoms with E-state index in [0.717, 1.165) is 25.7 Å². The summed E-state index contributed by atoms with van der Waals surface area (Å²) in [5.41, 5.74) is 0.624. The molecule has 0 radical (unpaired) electrons. The Morgan fingerprint density at radius 3 is 2.74 bits per heavy atom. The molecule has 3 unspecified atom stereocenters. The van der Waals surface area contributed by atoms with Gasteiger partial charge in [-0.25, -0.2) is 8.42 Å². The van der Waals surface area contributed by atoms with Gasteiger partial charge < -0.3 is 9.84 Å². The summed E-state index contributed by atoms with van der Waals surface area (Å²) in [6.07, 6.45) is 4.56. The Labute approximate surface area is 137 Å². The summed E-state index contributed by atoms with van der Waals surface area (Å²) in [6, 6.07) is -0.302. The smallest absolute Gasteiger partial charge is 0.246 e. The number of aliphatic hydroxyl groups excluding tert-OH is 1. The lowest BCUT2D eigenvalue weighted by molar-refractivity contribution is -0.0379. The lowest BCUT2D eigenvalue weighted by Crippen LogP contribution is -2.55. The molecule has 0 bridgehead atoms. The molecule has 1 N–H and O–H groups in total. The van der Waals surface area contributed by atoms with Crippen LogP contribution >= 0.6 is 0 Å². The number of morpholine rings is 1. The molecular formula is C15H25N3O4S. The summed E-state index contributed by atoms with van der Waals surface area (Å²) in [7, 11) is -1.90. The fourth-order valence-electron chi connectivity index (χ4n) is 3.69. The van der Waals surface area contributed by atoms with Gasteiger partial charge >= 0.3 is 0 Å². The van der Waals surface area contributed by atoms with Crippen molar-refractivity contribution in [2.45, 2.75) is 49.6 Å². The van der Waals surface area contributed by atoms with E-state index < -0.39 is 16.1 Å². The summed E-state index contributed by atoms with van der Waals surface area (Å²) >= 11 is 0. The number of aromatic nitrogens is 2. The minimum atomic E-state index is -3.63. The fourth-order valence-corrected chi connectivity index (χ4v) is 5.52. The lowest BCUT2D eigenvalue weighted by atomic mass is 9.81. The standard InChI is InChI=1S/C15H25N3O4S/c1-11-15(9-16-17(11)2)23(20,21)18-7-8-22-10-13(18)12-5-3-4-6-14(12)19/h9,12-14,19H,3-8,10H2,1-2H3. The molecular weight excluding hydrogens is 318 g/mol. The molecule has 130 valence electrons. The first-order valence-electron chi connectivity index (χ1n) is 8.19. The van der Waals surface area contributed by atoms with E-state index in [4.69, 9.17) is 4.74 Å². The quantitative estimate of drug-likeness (QED) is 0.872. The van der Waals surface area contributed by atoms with Gasteiger partial charge in [0.2, 0.25) is 10.0 Å². The Kier molecular flexibility index (Phi) is 4.78. The zero-order chi connectivity index (χ0) is 16.6. The highest BCUT2D eigenvalue weighted by Gasteiger charge is 2.42. The minimum absolute atomic E-state index is 0.0594. The molecule has 2 fully saturated rings. The Bertz CT molecular complexity index is 658. The molecule has 1 aromatic heterocycles. The van der Waals surface area contributed by atoms with E-state index in [9.17, 15) is 13.5 Å². The van der Waals surface area contributed by atoms with E-state index in [1.165, 1.54) is 10.5 Å². The maximum absolute atomic E-state index is 13.1. The minimum Gasteiger partial charge on any atom is -0.393 e. The number of rotatable bonds is 3. The van der Waals surface area contributed by atoms with E-state index >= 15 is 0 Å². The SMILES string of the molecule is Cc1c(S(=O)(=O)N2CCOCC2C2CCCCC2O)cnn1C. The van der Waals surface area contributed by atoms with Crippen LogP contribution in [0.5, 0.6) is 0 Å². The summed E-state index contributed by atoms with van der Waals surface area (Å²) in [5.74, 6) is -0.0594. The van der Waals surface area contributed by atoms with Crippen molar-refractivity contribution in [1.82, 2.24) is 14.1 Å². The van der Waals surface area contributed by atoms with Crippen molar-refractivity contribution >= 4 is 10.0 Å². The molecule has 1 saturated heterocycles. The molecule has 1 aromatic rings. The van der Waals surface area contributed by atoms with Crippen LogP contribution in [-0.2, 0) is 21.8 Å². The summed E-state index contributed by atoms with van der Waals surface area (Å²) in [4.78, 5) is 0.247. The van der Waals surface area contributed by atoms with E-state index in [2.05, 4.69) is 5.10 Å². The third-order valence-electron chi connectivity index (χ3n) is 5.17. The van der Waals surface area contributed by atoms with Crippen molar-refractivity contribution < 1.29 is 18.3 Å². The molecule has 2 heterocycles. The number of ether oxygens (including phenoxy) is 1. The number of aryl methyl sites for hydroxylation is 1. The highest BCUT2D eigenvalue weighted by Crippen LogP contribution is 2.34. The third-order valence-corrected chi connectivity index (χ3v) is 7.19. The van der Waals surface area contributed by atoms with Crippen molar-refractivity contribution in [1.29, 1.82) is 0 Å². The van der Waals surface area contributed by atoms with Gasteiger partial charge in [-0.15, -0.1) is 0 Å². The predicted octanol–water partition coefficient (Wildman–Crippen LogP) is 0.669. The highest BCUT2D eigenvalue weighted by molar-refractivity contribution is 7.89. The third kappa shape index (κ3) is 3.05. The number of sulfonamides is 1. The van der Waals surface area contributed by atoms with Gasteiger partial charge in [-0.1, -0.05) is 12.8 Å². The normalized spacial score (nSPS) is 30.5. The second-order valence-electron chi connectivity index (χ2n) is 6.49. The van der Waals surface area contributed by atoms with Crippen LogP contribution in [0, 0.1) is 12.8 Å². The maximum Gasteiger partial charge on any atom is 0.246 e. The van der Waals surface area contributed by atoms with Crippen molar-refractivity contribution in [3.63, 3.8) is 0 Å². The summed E-state index contributed by atoms with van der Waals surface area (Å²) in [6.45, 7) is 2.81. The average Bonchev–Trinajstić information content (AvgIpc) is 2.88. The molecule has 23 heavy (non-hydrogen) atoms. The van der Waals surface area contributed by atoms with Crippen molar-refractivity contribution in [2.24, 2.45) is 13.0 Å². The van der Waals surface area contributed by atoms with Gasteiger partial charge in [-0.05, 0) is 19.8 Å². The van der Waals surface area contributed by atoms with Gasteiger partial charge in [0.05, 0.1) is 37.3 Å². The Morgan fingerprint density at radius 2 is 2.09 bits per heavy atom. The van der Waals surface area contributed by atoms with Crippen LogP contribution in [0.4, 0.5) is 0 Å². The van der Waals surface area contributed by atoms with Crippen LogP contribution in [0.2, 0.25) is 0 Å². The zero-order valence-corrected chi connectivity index (χ0v) is 14.5.